The zero-order valence-electron chi connectivity index (χ0n) is 14.8. The normalized spacial score (nSPS) is 10.5. The summed E-state index contributed by atoms with van der Waals surface area (Å²) in [7, 11) is 3.10. The summed E-state index contributed by atoms with van der Waals surface area (Å²) < 4.78 is 20.8. The third-order valence-corrected chi connectivity index (χ3v) is 4.13. The Bertz CT molecular complexity index is 941. The van der Waals surface area contributed by atoms with Crippen molar-refractivity contribution < 1.29 is 23.5 Å². The van der Waals surface area contributed by atoms with Gasteiger partial charge in [-0.1, -0.05) is 35.0 Å². The number of carbonyl (C=O) groups excluding carboxylic acids is 1. The average molecular weight is 389 g/mol. The van der Waals surface area contributed by atoms with Gasteiger partial charge < -0.3 is 18.7 Å². The van der Waals surface area contributed by atoms with Gasteiger partial charge in [0.25, 0.3) is 5.89 Å². The second kappa shape index (κ2) is 8.55. The highest BCUT2D eigenvalue weighted by Crippen LogP contribution is 2.31. The highest BCUT2D eigenvalue weighted by molar-refractivity contribution is 6.31. The molecule has 0 fully saturated rings. The quantitative estimate of drug-likeness (QED) is 0.570. The zero-order chi connectivity index (χ0) is 19.2. The molecule has 0 aliphatic heterocycles. The molecule has 1 heterocycles. The summed E-state index contributed by atoms with van der Waals surface area (Å²) in [5, 5.41) is 4.42. The molecule has 0 saturated heterocycles. The molecule has 0 bridgehead atoms. The number of carbonyl (C=O) groups is 1. The lowest BCUT2D eigenvalue weighted by atomic mass is 10.1. The van der Waals surface area contributed by atoms with Gasteiger partial charge in [-0.25, -0.2) is 0 Å². The third kappa shape index (κ3) is 4.57. The van der Waals surface area contributed by atoms with E-state index in [9.17, 15) is 4.79 Å². The molecule has 7 nitrogen and oxygen atoms in total. The molecule has 0 unspecified atom stereocenters. The monoisotopic (exact) mass is 388 g/mol. The Morgan fingerprint density at radius 1 is 1.11 bits per heavy atom. The Labute approximate surface area is 160 Å². The van der Waals surface area contributed by atoms with Crippen molar-refractivity contribution in [3.8, 4) is 22.9 Å². The zero-order valence-corrected chi connectivity index (χ0v) is 15.5. The first-order chi connectivity index (χ1) is 13.1. The van der Waals surface area contributed by atoms with Gasteiger partial charge in [-0.3, -0.25) is 4.79 Å². The Morgan fingerprint density at radius 3 is 2.63 bits per heavy atom. The molecule has 0 amide bonds. The number of ether oxygens (including phenoxy) is 3. The molecule has 0 radical (unpaired) electrons. The fraction of sp³-hybridized carbons (Fsp3) is 0.211. The molecule has 0 aliphatic carbocycles. The third-order valence-electron chi connectivity index (χ3n) is 3.76. The van der Waals surface area contributed by atoms with Crippen molar-refractivity contribution in [3.63, 3.8) is 0 Å². The molecule has 0 N–H and O–H groups in total. The van der Waals surface area contributed by atoms with Crippen LogP contribution in [0.3, 0.4) is 0 Å². The van der Waals surface area contributed by atoms with Crippen LogP contribution >= 0.6 is 11.6 Å². The van der Waals surface area contributed by atoms with Gasteiger partial charge in [0.15, 0.2) is 18.1 Å². The lowest BCUT2D eigenvalue weighted by Gasteiger charge is -2.07. The van der Waals surface area contributed by atoms with Crippen LogP contribution in [0.25, 0.3) is 11.4 Å². The standard InChI is InChI=1S/C19H17ClN2O5/c1-24-15-8-7-13(9-16(15)25-2)19-21-17(27-22-19)11-26-18(23)10-12-5-3-4-6-14(12)20/h3-9H,10-11H2,1-2H3. The summed E-state index contributed by atoms with van der Waals surface area (Å²) in [5.74, 6) is 1.25. The molecule has 0 aliphatic rings. The number of rotatable bonds is 7. The molecule has 3 rings (SSSR count). The van der Waals surface area contributed by atoms with Crippen LogP contribution in [0, 0.1) is 0 Å². The van der Waals surface area contributed by atoms with E-state index in [1.807, 2.05) is 6.07 Å². The van der Waals surface area contributed by atoms with E-state index in [4.69, 9.17) is 30.3 Å². The molecule has 8 heteroatoms. The number of methoxy groups -OCH3 is 2. The van der Waals surface area contributed by atoms with Gasteiger partial charge in [-0.15, -0.1) is 0 Å². The van der Waals surface area contributed by atoms with Gasteiger partial charge >= 0.3 is 5.97 Å². The second-order valence-corrected chi connectivity index (χ2v) is 5.92. The Hall–Kier alpha value is -3.06. The molecule has 0 spiro atoms. The van der Waals surface area contributed by atoms with E-state index in [1.165, 1.54) is 0 Å². The van der Waals surface area contributed by atoms with Gasteiger partial charge in [-0.05, 0) is 29.8 Å². The van der Waals surface area contributed by atoms with Crippen molar-refractivity contribution in [3.05, 3.63) is 58.9 Å². The van der Waals surface area contributed by atoms with Crippen LogP contribution in [0.15, 0.2) is 47.0 Å². The first kappa shape index (κ1) is 18.7. The number of hydrogen-bond donors (Lipinski definition) is 0. The minimum absolute atomic E-state index is 0.0658. The predicted molar refractivity (Wildman–Crippen MR) is 97.8 cm³/mol. The number of nitrogens with zero attached hydrogens (tertiary/aromatic N) is 2. The van der Waals surface area contributed by atoms with Crippen LogP contribution in [0.2, 0.25) is 5.02 Å². The summed E-state index contributed by atoms with van der Waals surface area (Å²) in [6, 6.07) is 12.3. The van der Waals surface area contributed by atoms with Gasteiger partial charge in [0, 0.05) is 10.6 Å². The molecule has 3 aromatic rings. The Kier molecular flexibility index (Phi) is 5.93. The molecular formula is C19H17ClN2O5. The topological polar surface area (TPSA) is 83.7 Å². The fourth-order valence-corrected chi connectivity index (χ4v) is 2.60. The van der Waals surface area contributed by atoms with Crippen LogP contribution < -0.4 is 9.47 Å². The van der Waals surface area contributed by atoms with E-state index in [2.05, 4.69) is 10.1 Å². The van der Waals surface area contributed by atoms with Gasteiger partial charge in [0.2, 0.25) is 5.82 Å². The maximum Gasteiger partial charge on any atom is 0.310 e. The lowest BCUT2D eigenvalue weighted by molar-refractivity contribution is -0.144. The minimum Gasteiger partial charge on any atom is -0.493 e. The number of hydrogen-bond acceptors (Lipinski definition) is 7. The highest BCUT2D eigenvalue weighted by atomic mass is 35.5. The molecule has 0 saturated carbocycles. The number of benzene rings is 2. The fourth-order valence-electron chi connectivity index (χ4n) is 2.40. The summed E-state index contributed by atoms with van der Waals surface area (Å²) in [4.78, 5) is 16.2. The van der Waals surface area contributed by atoms with E-state index < -0.39 is 5.97 Å². The SMILES string of the molecule is COc1ccc(-c2noc(COC(=O)Cc3ccccc3Cl)n2)cc1OC. The van der Waals surface area contributed by atoms with Crippen molar-refractivity contribution >= 4 is 17.6 Å². The number of halogens is 1. The van der Waals surface area contributed by atoms with Crippen LogP contribution in [0.1, 0.15) is 11.5 Å². The summed E-state index contributed by atoms with van der Waals surface area (Å²) >= 11 is 6.04. The number of aromatic nitrogens is 2. The smallest absolute Gasteiger partial charge is 0.310 e. The second-order valence-electron chi connectivity index (χ2n) is 5.51. The van der Waals surface area contributed by atoms with Gasteiger partial charge in [0.1, 0.15) is 0 Å². The highest BCUT2D eigenvalue weighted by Gasteiger charge is 2.14. The van der Waals surface area contributed by atoms with E-state index in [1.54, 1.807) is 50.6 Å². The lowest BCUT2D eigenvalue weighted by Crippen LogP contribution is -2.08. The molecule has 1 aromatic heterocycles. The average Bonchev–Trinajstić information content (AvgIpc) is 3.16. The summed E-state index contributed by atoms with van der Waals surface area (Å²) in [6.45, 7) is -0.121. The first-order valence-corrected chi connectivity index (χ1v) is 8.42. The van der Waals surface area contributed by atoms with Crippen molar-refractivity contribution in [1.29, 1.82) is 0 Å². The number of esters is 1. The van der Waals surface area contributed by atoms with Crippen LogP contribution in [-0.4, -0.2) is 30.3 Å². The predicted octanol–water partition coefficient (Wildman–Crippen LogP) is 3.69. The maximum atomic E-state index is 12.0. The van der Waals surface area contributed by atoms with Crippen LogP contribution in [0.4, 0.5) is 0 Å². The molecule has 27 heavy (non-hydrogen) atoms. The maximum absolute atomic E-state index is 12.0. The van der Waals surface area contributed by atoms with E-state index >= 15 is 0 Å². The minimum atomic E-state index is -0.436. The van der Waals surface area contributed by atoms with E-state index in [0.29, 0.717) is 33.5 Å². The van der Waals surface area contributed by atoms with E-state index in [-0.39, 0.29) is 18.9 Å². The Morgan fingerprint density at radius 2 is 1.89 bits per heavy atom. The van der Waals surface area contributed by atoms with E-state index in [0.717, 1.165) is 0 Å². The van der Waals surface area contributed by atoms with Gasteiger partial charge in [-0.2, -0.15) is 4.98 Å². The molecule has 2 aromatic carbocycles. The van der Waals surface area contributed by atoms with Crippen LogP contribution in [-0.2, 0) is 22.6 Å². The van der Waals surface area contributed by atoms with Crippen LogP contribution in [0.5, 0.6) is 11.5 Å². The van der Waals surface area contributed by atoms with Crippen molar-refractivity contribution in [2.45, 2.75) is 13.0 Å². The molecule has 140 valence electrons. The summed E-state index contributed by atoms with van der Waals surface area (Å²) in [6.07, 6.45) is 0.0658. The largest absolute Gasteiger partial charge is 0.493 e. The van der Waals surface area contributed by atoms with Crippen molar-refractivity contribution in [2.75, 3.05) is 14.2 Å². The van der Waals surface area contributed by atoms with Crippen molar-refractivity contribution in [2.24, 2.45) is 0 Å². The molecular weight excluding hydrogens is 372 g/mol. The summed E-state index contributed by atoms with van der Waals surface area (Å²) in [5.41, 5.74) is 1.38. The molecule has 0 atom stereocenters. The van der Waals surface area contributed by atoms with Gasteiger partial charge in [0.05, 0.1) is 20.6 Å². The first-order valence-electron chi connectivity index (χ1n) is 8.04. The van der Waals surface area contributed by atoms with Crippen molar-refractivity contribution in [1.82, 2.24) is 10.1 Å². The Balaban J connectivity index is 1.63.